The van der Waals surface area contributed by atoms with E-state index in [0.29, 0.717) is 5.13 Å². The van der Waals surface area contributed by atoms with Gasteiger partial charge in [-0.05, 0) is 16.7 Å². The van der Waals surface area contributed by atoms with Crippen molar-refractivity contribution >= 4 is 57.8 Å². The largest absolute Gasteiger partial charge is 0.477 e. The molecule has 1 aromatic heterocycles. The second-order valence-electron chi connectivity index (χ2n) is 11.1. The third kappa shape index (κ3) is 5.98. The number of rotatable bonds is 12. The summed E-state index contributed by atoms with van der Waals surface area (Å²) in [6.45, 7) is 0.871. The van der Waals surface area contributed by atoms with Crippen LogP contribution in [0.3, 0.4) is 0 Å². The number of aromatic nitrogens is 1. The number of amides is 2. The van der Waals surface area contributed by atoms with E-state index in [1.54, 1.807) is 0 Å². The van der Waals surface area contributed by atoms with Gasteiger partial charge < -0.3 is 25.2 Å². The fraction of sp³-hybridized carbons (Fsp3) is 0.200. The molecule has 250 valence electrons. The van der Waals surface area contributed by atoms with Gasteiger partial charge in [0.15, 0.2) is 5.13 Å². The molecule has 49 heavy (non-hydrogen) atoms. The Labute approximate surface area is 289 Å². The van der Waals surface area contributed by atoms with E-state index in [1.807, 2.05) is 91.0 Å². The molecule has 4 aromatic rings. The Morgan fingerprint density at radius 3 is 2.00 bits per heavy atom. The van der Waals surface area contributed by atoms with Crippen LogP contribution in [0, 0.1) is 0 Å². The third-order valence-electron chi connectivity index (χ3n) is 8.24. The number of Topliss-reactive ketones (excluding diaryl/α,β-unsaturated/α-hetero) is 1. The summed E-state index contributed by atoms with van der Waals surface area (Å²) in [4.78, 5) is 69.2. The van der Waals surface area contributed by atoms with Crippen molar-refractivity contribution < 1.29 is 38.6 Å². The molecule has 3 heterocycles. The maximum absolute atomic E-state index is 13.5. The molecule has 3 N–H and O–H groups in total. The third-order valence-corrected chi connectivity index (χ3v) is 10.4. The highest BCUT2D eigenvalue weighted by Gasteiger charge is 2.67. The van der Waals surface area contributed by atoms with Gasteiger partial charge in [-0.15, -0.1) is 23.1 Å². The van der Waals surface area contributed by atoms with Crippen molar-refractivity contribution in [2.45, 2.75) is 23.6 Å². The smallest absolute Gasteiger partial charge is 0.352 e. The number of carbonyl (C=O) groups excluding carboxylic acids is 4. The number of esters is 1. The molecule has 0 radical (unpaired) electrons. The molecule has 2 aliphatic heterocycles. The molecule has 1 unspecified atom stereocenters. The first-order valence-corrected chi connectivity index (χ1v) is 16.9. The van der Waals surface area contributed by atoms with Gasteiger partial charge >= 0.3 is 11.9 Å². The molecule has 3 aromatic carbocycles. The molecule has 14 heteroatoms. The molecule has 0 aliphatic carbocycles. The molecule has 12 nitrogen and oxygen atoms in total. The van der Waals surface area contributed by atoms with Crippen molar-refractivity contribution in [2.24, 2.45) is 0 Å². The van der Waals surface area contributed by atoms with E-state index >= 15 is 0 Å². The standard InChI is InChI=1S/C35H30N4O8S2/c1-21(40)47-18-22-19-48-32-35(46-2,31(45)39(32)27(22)30(43)44)37-29(42)28(41)26-20-49-33(36-26)38-34(23-12-6-3-7-13-23,24-14-8-4-9-15-24)25-16-10-5-11-17-25/h3-17,20,32H,18-19H2,1-2H3,(H,36,38)(H,37,42)(H,43,44)/t32-,35?/m1/s1. The van der Waals surface area contributed by atoms with E-state index in [0.717, 1.165) is 44.7 Å². The molecular formula is C35H30N4O8S2. The van der Waals surface area contributed by atoms with Gasteiger partial charge in [0.25, 0.3) is 23.3 Å². The number of methoxy groups -OCH3 is 1. The number of nitrogens with one attached hydrogen (secondary N) is 2. The van der Waals surface area contributed by atoms with Gasteiger partial charge in [0.05, 0.1) is 0 Å². The Kier molecular flexibility index (Phi) is 9.37. The highest BCUT2D eigenvalue weighted by molar-refractivity contribution is 8.00. The van der Waals surface area contributed by atoms with Crippen LogP contribution < -0.4 is 10.6 Å². The summed E-state index contributed by atoms with van der Waals surface area (Å²) in [6, 6.07) is 29.4. The Balaban J connectivity index is 1.27. The minimum absolute atomic E-state index is 0.0748. The summed E-state index contributed by atoms with van der Waals surface area (Å²) < 4.78 is 10.4. The number of β-lactam (4-membered cyclic amide) rings is 1. The number of thiazole rings is 1. The first-order chi connectivity index (χ1) is 23.6. The number of fused-ring (bicyclic) bond motifs is 1. The van der Waals surface area contributed by atoms with Gasteiger partial charge in [0.2, 0.25) is 0 Å². The average Bonchev–Trinajstić information content (AvgIpc) is 3.60. The molecule has 0 saturated carbocycles. The van der Waals surface area contributed by atoms with E-state index in [9.17, 15) is 29.1 Å². The zero-order chi connectivity index (χ0) is 34.8. The van der Waals surface area contributed by atoms with E-state index < -0.39 is 46.2 Å². The molecule has 2 amide bonds. The number of aliphatic carboxylic acids is 1. The lowest BCUT2D eigenvalue weighted by Gasteiger charge is -2.55. The maximum atomic E-state index is 13.5. The number of benzene rings is 3. The Morgan fingerprint density at radius 2 is 1.51 bits per heavy atom. The summed E-state index contributed by atoms with van der Waals surface area (Å²) in [7, 11) is 1.18. The van der Waals surface area contributed by atoms with E-state index in [1.165, 1.54) is 19.4 Å². The normalized spacial score (nSPS) is 18.6. The highest BCUT2D eigenvalue weighted by Crippen LogP contribution is 2.47. The summed E-state index contributed by atoms with van der Waals surface area (Å²) >= 11 is 2.24. The van der Waals surface area contributed by atoms with Crippen molar-refractivity contribution in [1.29, 1.82) is 0 Å². The quantitative estimate of drug-likeness (QED) is 0.0489. The minimum atomic E-state index is -2.01. The Morgan fingerprint density at radius 1 is 0.959 bits per heavy atom. The van der Waals surface area contributed by atoms with Crippen LogP contribution in [-0.2, 0) is 34.2 Å². The van der Waals surface area contributed by atoms with Gasteiger partial charge in [0, 0.05) is 30.7 Å². The average molecular weight is 699 g/mol. The Bertz CT molecular complexity index is 1850. The number of hydrogen-bond donors (Lipinski definition) is 3. The van der Waals surface area contributed by atoms with E-state index in [4.69, 9.17) is 9.47 Å². The monoisotopic (exact) mass is 698 g/mol. The van der Waals surface area contributed by atoms with E-state index in [2.05, 4.69) is 15.6 Å². The molecule has 0 spiro atoms. The molecule has 2 aliphatic rings. The second-order valence-corrected chi connectivity index (χ2v) is 13.0. The molecule has 0 bridgehead atoms. The van der Waals surface area contributed by atoms with Gasteiger partial charge in [-0.3, -0.25) is 24.1 Å². The predicted octanol–water partition coefficient (Wildman–Crippen LogP) is 4.01. The molecule has 6 rings (SSSR count). The van der Waals surface area contributed by atoms with Gasteiger partial charge in [-0.1, -0.05) is 91.0 Å². The van der Waals surface area contributed by atoms with Gasteiger partial charge in [-0.2, -0.15) is 0 Å². The summed E-state index contributed by atoms with van der Waals surface area (Å²) in [5.74, 6) is -4.99. The Hall–Kier alpha value is -5.31. The van der Waals surface area contributed by atoms with Crippen molar-refractivity contribution in [3.05, 3.63) is 130 Å². The number of thioether (sulfide) groups is 1. The molecule has 1 fully saturated rings. The SMILES string of the molecule is COC1(NC(=O)C(=O)c2csc(NC(c3ccccc3)(c3ccccc3)c3ccccc3)n2)C(=O)N2C(C(=O)O)=C(COC(C)=O)CS[C@@H]21. The first kappa shape index (κ1) is 33.6. The highest BCUT2D eigenvalue weighted by atomic mass is 32.2. The molecule has 2 atom stereocenters. The van der Waals surface area contributed by atoms with Gasteiger partial charge in [0.1, 0.15) is 28.9 Å². The van der Waals surface area contributed by atoms with Crippen molar-refractivity contribution in [2.75, 3.05) is 24.8 Å². The second kappa shape index (κ2) is 13.7. The lowest BCUT2D eigenvalue weighted by molar-refractivity contribution is -0.191. The number of ether oxygens (including phenoxy) is 2. The number of carboxylic acid groups (broad SMARTS) is 1. The zero-order valence-corrected chi connectivity index (χ0v) is 27.9. The van der Waals surface area contributed by atoms with Crippen LogP contribution in [0.2, 0.25) is 0 Å². The van der Waals surface area contributed by atoms with Crippen LogP contribution in [0.1, 0.15) is 34.1 Å². The molecule has 1 saturated heterocycles. The summed E-state index contributed by atoms with van der Waals surface area (Å²) in [5.41, 5.74) is -0.493. The number of nitrogens with zero attached hydrogens (tertiary/aromatic N) is 2. The topological polar surface area (TPSA) is 164 Å². The van der Waals surface area contributed by atoms with Crippen LogP contribution in [0.15, 0.2) is 108 Å². The zero-order valence-electron chi connectivity index (χ0n) is 26.2. The van der Waals surface area contributed by atoms with Crippen molar-refractivity contribution in [3.8, 4) is 0 Å². The maximum Gasteiger partial charge on any atom is 0.352 e. The number of hydrogen-bond acceptors (Lipinski definition) is 11. The number of ketones is 1. The first-order valence-electron chi connectivity index (χ1n) is 15.0. The fourth-order valence-electron chi connectivity index (χ4n) is 5.96. The van der Waals surface area contributed by atoms with E-state index in [-0.39, 0.29) is 29.3 Å². The number of anilines is 1. The lowest BCUT2D eigenvalue weighted by Crippen LogP contribution is -2.81. The van der Waals surface area contributed by atoms with Crippen LogP contribution in [0.25, 0.3) is 0 Å². The number of carboxylic acids is 1. The summed E-state index contributed by atoms with van der Waals surface area (Å²) in [5, 5.41) is 16.7. The van der Waals surface area contributed by atoms with Crippen molar-refractivity contribution in [3.63, 3.8) is 0 Å². The van der Waals surface area contributed by atoms with Gasteiger partial charge in [-0.25, -0.2) is 9.78 Å². The summed E-state index contributed by atoms with van der Waals surface area (Å²) in [6.07, 6.45) is 0. The fourth-order valence-corrected chi connectivity index (χ4v) is 8.13. The number of carbonyl (C=O) groups is 5. The van der Waals surface area contributed by atoms with Crippen LogP contribution >= 0.6 is 23.1 Å². The minimum Gasteiger partial charge on any atom is -0.477 e. The van der Waals surface area contributed by atoms with Crippen LogP contribution in [0.4, 0.5) is 5.13 Å². The predicted molar refractivity (Wildman–Crippen MR) is 182 cm³/mol. The molecular weight excluding hydrogens is 669 g/mol. The van der Waals surface area contributed by atoms with Crippen LogP contribution in [-0.4, -0.2) is 75.1 Å². The lowest BCUT2D eigenvalue weighted by atomic mass is 9.77. The van der Waals surface area contributed by atoms with Crippen LogP contribution in [0.5, 0.6) is 0 Å². The van der Waals surface area contributed by atoms with Crippen molar-refractivity contribution in [1.82, 2.24) is 15.2 Å².